The van der Waals surface area contributed by atoms with Gasteiger partial charge in [-0.3, -0.25) is 9.59 Å². The van der Waals surface area contributed by atoms with Crippen LogP contribution in [-0.4, -0.2) is 41.1 Å². The van der Waals surface area contributed by atoms with Gasteiger partial charge in [0.25, 0.3) is 5.91 Å². The number of carbonyl (C=O) groups excluding carboxylic acids is 1. The smallest absolute Gasteiger partial charge is 0.306 e. The van der Waals surface area contributed by atoms with Crippen molar-refractivity contribution in [2.45, 2.75) is 57.4 Å². The fraction of sp³-hybridized carbons (Fsp3) is 0.722. The summed E-state index contributed by atoms with van der Waals surface area (Å²) in [5.74, 6) is -0.264. The largest absolute Gasteiger partial charge is 0.481 e. The van der Waals surface area contributed by atoms with E-state index >= 15 is 0 Å². The van der Waals surface area contributed by atoms with E-state index in [4.69, 9.17) is 5.11 Å². The van der Waals surface area contributed by atoms with E-state index < -0.39 is 5.97 Å². The molecule has 1 aliphatic carbocycles. The highest BCUT2D eigenvalue weighted by molar-refractivity contribution is 7.13. The van der Waals surface area contributed by atoms with E-state index in [-0.39, 0.29) is 30.3 Å². The molecule has 0 unspecified atom stereocenters. The Labute approximate surface area is 164 Å². The second-order valence-corrected chi connectivity index (χ2v) is 8.33. The number of amides is 1. The number of piperidine rings is 1. The Bertz CT molecular complexity index is 596. The Morgan fingerprint density at radius 3 is 2.54 bits per heavy atom. The minimum atomic E-state index is -0.717. The molecule has 1 aliphatic heterocycles. The number of hydrogen-bond donors (Lipinski definition) is 3. The Kier molecular flexibility index (Phi) is 8.31. The molecule has 2 heterocycles. The van der Waals surface area contributed by atoms with Gasteiger partial charge >= 0.3 is 5.97 Å². The molecule has 1 aromatic rings. The molecule has 0 spiro atoms. The van der Waals surface area contributed by atoms with Gasteiger partial charge in [0.15, 0.2) is 0 Å². The summed E-state index contributed by atoms with van der Waals surface area (Å²) in [6, 6.07) is 0.0865. The third kappa shape index (κ3) is 5.93. The molecule has 1 aromatic heterocycles. The number of carboxylic acids is 1. The number of carbonyl (C=O) groups is 2. The quantitative estimate of drug-likeness (QED) is 0.681. The molecule has 26 heavy (non-hydrogen) atoms. The molecular formula is C18H28ClN3O3S. The predicted molar refractivity (Wildman–Crippen MR) is 104 cm³/mol. The Balaban J connectivity index is 0.00000243. The number of nitrogens with one attached hydrogen (secondary N) is 2. The predicted octanol–water partition coefficient (Wildman–Crippen LogP) is 2.87. The minimum Gasteiger partial charge on any atom is -0.481 e. The molecule has 146 valence electrons. The first-order valence-electron chi connectivity index (χ1n) is 9.31. The lowest BCUT2D eigenvalue weighted by Gasteiger charge is -2.26. The van der Waals surface area contributed by atoms with Crippen molar-refractivity contribution in [3.63, 3.8) is 0 Å². The molecule has 0 bridgehead atoms. The monoisotopic (exact) mass is 401 g/mol. The van der Waals surface area contributed by atoms with Gasteiger partial charge in [-0.15, -0.1) is 23.7 Å². The number of hydrogen-bond acceptors (Lipinski definition) is 5. The second-order valence-electron chi connectivity index (χ2n) is 7.21. The average Bonchev–Trinajstić information content (AvgIpc) is 3.10. The Morgan fingerprint density at radius 1 is 1.19 bits per heavy atom. The molecule has 1 saturated heterocycles. The molecule has 0 radical (unpaired) electrons. The summed E-state index contributed by atoms with van der Waals surface area (Å²) >= 11 is 1.49. The summed E-state index contributed by atoms with van der Waals surface area (Å²) in [5, 5.41) is 16.5. The first kappa shape index (κ1) is 21.1. The van der Waals surface area contributed by atoms with Crippen LogP contribution >= 0.6 is 23.7 Å². The standard InChI is InChI=1S/C18H27N3O3S.ClH/c22-17(21-14-4-2-13(3-5-14)18(23)24)15-11-20-16(25-15)6-1-12-7-9-19-10-8-12;/h11-14,19H,1-10H2,(H,21,22)(H,23,24);1H/t13-,14-;. The van der Waals surface area contributed by atoms with Crippen LogP contribution in [0.4, 0.5) is 0 Å². The molecule has 2 aliphatic rings. The SMILES string of the molecule is Cl.O=C(N[C@H]1CC[C@H](C(=O)O)CC1)c1cnc(CCC2CCNCC2)s1. The van der Waals surface area contributed by atoms with Crippen molar-refractivity contribution < 1.29 is 14.7 Å². The van der Waals surface area contributed by atoms with Gasteiger partial charge in [0, 0.05) is 6.04 Å². The van der Waals surface area contributed by atoms with Crippen molar-refractivity contribution in [3.8, 4) is 0 Å². The summed E-state index contributed by atoms with van der Waals surface area (Å²) < 4.78 is 0. The molecule has 2 fully saturated rings. The summed E-state index contributed by atoms with van der Waals surface area (Å²) in [5.41, 5.74) is 0. The molecule has 1 amide bonds. The lowest BCUT2D eigenvalue weighted by atomic mass is 9.86. The number of halogens is 1. The molecule has 0 aromatic carbocycles. The molecule has 3 N–H and O–H groups in total. The van der Waals surface area contributed by atoms with Crippen LogP contribution in [0.2, 0.25) is 0 Å². The zero-order chi connectivity index (χ0) is 17.6. The lowest BCUT2D eigenvalue weighted by molar-refractivity contribution is -0.142. The number of carboxylic acid groups (broad SMARTS) is 1. The second kappa shape index (κ2) is 10.2. The van der Waals surface area contributed by atoms with E-state index in [0.29, 0.717) is 17.7 Å². The molecule has 8 heteroatoms. The maximum Gasteiger partial charge on any atom is 0.306 e. The van der Waals surface area contributed by atoms with Gasteiger partial charge in [0.1, 0.15) is 4.88 Å². The number of nitrogens with zero attached hydrogens (tertiary/aromatic N) is 1. The first-order chi connectivity index (χ1) is 12.1. The highest BCUT2D eigenvalue weighted by Crippen LogP contribution is 2.25. The fourth-order valence-electron chi connectivity index (χ4n) is 3.77. The molecular weight excluding hydrogens is 374 g/mol. The molecule has 3 rings (SSSR count). The van der Waals surface area contributed by atoms with E-state index in [0.717, 1.165) is 49.7 Å². The van der Waals surface area contributed by atoms with Crippen LogP contribution < -0.4 is 10.6 Å². The van der Waals surface area contributed by atoms with Crippen molar-refractivity contribution in [1.82, 2.24) is 15.6 Å². The topological polar surface area (TPSA) is 91.3 Å². The van der Waals surface area contributed by atoms with E-state index in [1.165, 1.54) is 24.2 Å². The summed E-state index contributed by atoms with van der Waals surface area (Å²) in [4.78, 5) is 28.4. The molecule has 0 atom stereocenters. The summed E-state index contributed by atoms with van der Waals surface area (Å²) in [6.07, 6.45) is 9.01. The van der Waals surface area contributed by atoms with Crippen molar-refractivity contribution in [1.29, 1.82) is 0 Å². The van der Waals surface area contributed by atoms with E-state index in [1.807, 2.05) is 0 Å². The number of aromatic nitrogens is 1. The number of aliphatic carboxylic acids is 1. The van der Waals surface area contributed by atoms with Crippen LogP contribution in [0.5, 0.6) is 0 Å². The van der Waals surface area contributed by atoms with Gasteiger partial charge in [0.05, 0.1) is 17.1 Å². The van der Waals surface area contributed by atoms with Crippen LogP contribution in [-0.2, 0) is 11.2 Å². The number of thiazole rings is 1. The van der Waals surface area contributed by atoms with Crippen LogP contribution in [0.1, 0.15) is 59.6 Å². The number of aryl methyl sites for hydroxylation is 1. The fourth-order valence-corrected chi connectivity index (χ4v) is 4.61. The van der Waals surface area contributed by atoms with Crippen LogP contribution in [0.15, 0.2) is 6.20 Å². The van der Waals surface area contributed by atoms with Gasteiger partial charge in [-0.05, 0) is 70.4 Å². The average molecular weight is 402 g/mol. The lowest BCUT2D eigenvalue weighted by Crippen LogP contribution is -2.38. The highest BCUT2D eigenvalue weighted by Gasteiger charge is 2.27. The van der Waals surface area contributed by atoms with Gasteiger partial charge in [-0.25, -0.2) is 4.98 Å². The van der Waals surface area contributed by atoms with Gasteiger partial charge < -0.3 is 15.7 Å². The van der Waals surface area contributed by atoms with Crippen molar-refractivity contribution in [2.75, 3.05) is 13.1 Å². The summed E-state index contributed by atoms with van der Waals surface area (Å²) in [6.45, 7) is 2.22. The van der Waals surface area contributed by atoms with Gasteiger partial charge in [-0.1, -0.05) is 0 Å². The minimum absolute atomic E-state index is 0. The van der Waals surface area contributed by atoms with E-state index in [2.05, 4.69) is 15.6 Å². The maximum atomic E-state index is 12.4. The van der Waals surface area contributed by atoms with Crippen molar-refractivity contribution >= 4 is 35.6 Å². The van der Waals surface area contributed by atoms with E-state index in [1.54, 1.807) is 6.20 Å². The third-order valence-electron chi connectivity index (χ3n) is 5.41. The van der Waals surface area contributed by atoms with Gasteiger partial charge in [0.2, 0.25) is 0 Å². The maximum absolute atomic E-state index is 12.4. The van der Waals surface area contributed by atoms with Crippen molar-refractivity contribution in [3.05, 3.63) is 16.1 Å². The first-order valence-corrected chi connectivity index (χ1v) is 10.1. The van der Waals surface area contributed by atoms with Crippen molar-refractivity contribution in [2.24, 2.45) is 11.8 Å². The third-order valence-corrected chi connectivity index (χ3v) is 6.47. The Morgan fingerprint density at radius 2 is 1.88 bits per heavy atom. The van der Waals surface area contributed by atoms with Crippen LogP contribution in [0, 0.1) is 11.8 Å². The highest BCUT2D eigenvalue weighted by atomic mass is 35.5. The normalized spacial score (nSPS) is 23.8. The molecule has 6 nitrogen and oxygen atoms in total. The van der Waals surface area contributed by atoms with Gasteiger partial charge in [-0.2, -0.15) is 0 Å². The van der Waals surface area contributed by atoms with E-state index in [9.17, 15) is 9.59 Å². The summed E-state index contributed by atoms with van der Waals surface area (Å²) in [7, 11) is 0. The zero-order valence-electron chi connectivity index (χ0n) is 14.9. The van der Waals surface area contributed by atoms with Crippen LogP contribution in [0.3, 0.4) is 0 Å². The zero-order valence-corrected chi connectivity index (χ0v) is 16.5. The van der Waals surface area contributed by atoms with Crippen LogP contribution in [0.25, 0.3) is 0 Å². The Hall–Kier alpha value is -1.18. The molecule has 1 saturated carbocycles. The number of rotatable bonds is 6.